The first-order valence-corrected chi connectivity index (χ1v) is 19.1. The van der Waals surface area contributed by atoms with Crippen molar-refractivity contribution in [1.29, 1.82) is 0 Å². The van der Waals surface area contributed by atoms with Gasteiger partial charge in [-0.3, -0.25) is 0 Å². The molecule has 0 saturated heterocycles. The van der Waals surface area contributed by atoms with Crippen LogP contribution < -0.4 is 4.90 Å². The summed E-state index contributed by atoms with van der Waals surface area (Å²) in [7, 11) is 0. The van der Waals surface area contributed by atoms with Crippen molar-refractivity contribution in [3.05, 3.63) is 229 Å². The minimum absolute atomic E-state index is 0.451. The predicted molar refractivity (Wildman–Crippen MR) is 229 cm³/mol. The molecule has 1 spiro atoms. The first-order chi connectivity index (χ1) is 27.3. The number of aromatic nitrogens is 1. The van der Waals surface area contributed by atoms with Gasteiger partial charge in [0.2, 0.25) is 0 Å². The fourth-order valence-corrected chi connectivity index (χ4v) is 10.1. The average Bonchev–Trinajstić information content (AvgIpc) is 3.86. The Hall–Kier alpha value is -7.16. The van der Waals surface area contributed by atoms with Crippen LogP contribution in [0.5, 0.6) is 0 Å². The summed E-state index contributed by atoms with van der Waals surface area (Å²) in [4.78, 5) is 2.49. The van der Waals surface area contributed by atoms with Gasteiger partial charge in [0.05, 0.1) is 22.1 Å². The number of anilines is 3. The highest BCUT2D eigenvalue weighted by Gasteiger charge is 2.52. The topological polar surface area (TPSA) is 8.17 Å². The molecular weight excluding hydrogens is 665 g/mol. The lowest BCUT2D eigenvalue weighted by Gasteiger charge is -2.33. The quantitative estimate of drug-likeness (QED) is 0.178. The average molecular weight is 699 g/mol. The molecule has 2 nitrogen and oxygen atoms in total. The van der Waals surface area contributed by atoms with Crippen LogP contribution in [-0.2, 0) is 5.41 Å². The lowest BCUT2D eigenvalue weighted by atomic mass is 9.70. The molecule has 12 rings (SSSR count). The summed E-state index contributed by atoms with van der Waals surface area (Å²) in [6, 6.07) is 76.2. The van der Waals surface area contributed by atoms with Gasteiger partial charge in [0.1, 0.15) is 0 Å². The second-order valence-electron chi connectivity index (χ2n) is 14.8. The van der Waals surface area contributed by atoms with Gasteiger partial charge in [-0.05, 0) is 104 Å². The zero-order valence-corrected chi connectivity index (χ0v) is 30.0. The van der Waals surface area contributed by atoms with Crippen molar-refractivity contribution in [1.82, 2.24) is 4.57 Å². The molecule has 1 heterocycles. The van der Waals surface area contributed by atoms with E-state index >= 15 is 0 Å². The van der Waals surface area contributed by atoms with Crippen LogP contribution in [-0.4, -0.2) is 4.57 Å². The normalized spacial score (nSPS) is 13.2. The molecule has 2 heteroatoms. The third-order valence-electron chi connectivity index (χ3n) is 12.2. The molecule has 0 radical (unpaired) electrons. The third kappa shape index (κ3) is 4.03. The van der Waals surface area contributed by atoms with Crippen molar-refractivity contribution in [2.45, 2.75) is 5.41 Å². The summed E-state index contributed by atoms with van der Waals surface area (Å²) >= 11 is 0. The molecule has 0 fully saturated rings. The van der Waals surface area contributed by atoms with E-state index in [-0.39, 0.29) is 0 Å². The van der Waals surface area contributed by atoms with Gasteiger partial charge in [0, 0.05) is 33.2 Å². The zero-order valence-electron chi connectivity index (χ0n) is 30.0. The van der Waals surface area contributed by atoms with Crippen molar-refractivity contribution in [2.75, 3.05) is 4.90 Å². The number of nitrogens with zero attached hydrogens (tertiary/aromatic N) is 2. The van der Waals surface area contributed by atoms with Gasteiger partial charge in [-0.25, -0.2) is 0 Å². The molecule has 9 aromatic carbocycles. The Balaban J connectivity index is 1.19. The van der Waals surface area contributed by atoms with Crippen LogP contribution in [0.25, 0.3) is 60.5 Å². The molecule has 0 amide bonds. The van der Waals surface area contributed by atoms with Crippen LogP contribution >= 0.6 is 0 Å². The van der Waals surface area contributed by atoms with Crippen LogP contribution in [0, 0.1) is 0 Å². The number of hydrogen-bond donors (Lipinski definition) is 0. The molecule has 0 N–H and O–H groups in total. The smallest absolute Gasteiger partial charge is 0.0726 e. The molecule has 2 aliphatic carbocycles. The number of hydrogen-bond acceptors (Lipinski definition) is 1. The summed E-state index contributed by atoms with van der Waals surface area (Å²) in [5.41, 5.74) is 17.2. The lowest BCUT2D eigenvalue weighted by molar-refractivity contribution is 0.794. The van der Waals surface area contributed by atoms with Gasteiger partial charge in [0.25, 0.3) is 0 Å². The van der Waals surface area contributed by atoms with Crippen molar-refractivity contribution in [2.24, 2.45) is 0 Å². The van der Waals surface area contributed by atoms with Crippen molar-refractivity contribution in [3.63, 3.8) is 0 Å². The third-order valence-corrected chi connectivity index (χ3v) is 12.2. The molecule has 0 unspecified atom stereocenters. The van der Waals surface area contributed by atoms with Gasteiger partial charge in [0.15, 0.2) is 0 Å². The van der Waals surface area contributed by atoms with E-state index in [1.165, 1.54) is 82.8 Å². The molecule has 256 valence electrons. The van der Waals surface area contributed by atoms with E-state index in [0.717, 1.165) is 17.1 Å². The number of para-hydroxylation sites is 3. The summed E-state index contributed by atoms with van der Waals surface area (Å²) in [6.07, 6.45) is 0. The Morgan fingerprint density at radius 2 is 0.873 bits per heavy atom. The van der Waals surface area contributed by atoms with E-state index in [1.54, 1.807) is 0 Å². The van der Waals surface area contributed by atoms with E-state index in [2.05, 4.69) is 216 Å². The van der Waals surface area contributed by atoms with Gasteiger partial charge >= 0.3 is 0 Å². The monoisotopic (exact) mass is 698 g/mol. The molecule has 10 aromatic rings. The number of rotatable bonds is 4. The minimum Gasteiger partial charge on any atom is -0.310 e. The van der Waals surface area contributed by atoms with E-state index in [9.17, 15) is 0 Å². The van der Waals surface area contributed by atoms with Crippen LogP contribution in [0.3, 0.4) is 0 Å². The fraction of sp³-hybridized carbons (Fsp3) is 0.0189. The van der Waals surface area contributed by atoms with Crippen LogP contribution in [0.2, 0.25) is 0 Å². The highest BCUT2D eigenvalue weighted by atomic mass is 15.1. The molecule has 0 atom stereocenters. The molecule has 1 aromatic heterocycles. The standard InChI is InChI=1S/C53H34N2/c1-3-17-35(18-4-1)54(37-31-32-50-44(33-37)41-24-12-16-30-49(41)55(50)36-19-5-2-6-20-36)51-34-48-52(42-25-8-7-23-40(42)51)43-26-11-15-29-47(43)53(48)45-27-13-9-21-38(45)39-22-10-14-28-46(39)53/h1-34H. The van der Waals surface area contributed by atoms with Crippen LogP contribution in [0.1, 0.15) is 22.3 Å². The number of benzene rings is 9. The minimum atomic E-state index is -0.451. The summed E-state index contributed by atoms with van der Waals surface area (Å²) in [6.45, 7) is 0. The lowest BCUT2D eigenvalue weighted by Crippen LogP contribution is -2.26. The van der Waals surface area contributed by atoms with Crippen LogP contribution in [0.4, 0.5) is 17.1 Å². The summed E-state index contributed by atoms with van der Waals surface area (Å²) in [5.74, 6) is 0. The van der Waals surface area contributed by atoms with Gasteiger partial charge in [-0.1, -0.05) is 152 Å². The number of fused-ring (bicyclic) bond motifs is 15. The summed E-state index contributed by atoms with van der Waals surface area (Å²) < 4.78 is 2.39. The highest BCUT2D eigenvalue weighted by molar-refractivity contribution is 6.14. The first-order valence-electron chi connectivity index (χ1n) is 19.1. The molecule has 55 heavy (non-hydrogen) atoms. The van der Waals surface area contributed by atoms with Crippen molar-refractivity contribution >= 4 is 49.6 Å². The van der Waals surface area contributed by atoms with E-state index in [4.69, 9.17) is 0 Å². The maximum absolute atomic E-state index is 2.53. The van der Waals surface area contributed by atoms with Crippen LogP contribution in [0.15, 0.2) is 206 Å². The van der Waals surface area contributed by atoms with E-state index in [1.807, 2.05) is 0 Å². The Kier molecular flexibility index (Phi) is 6.29. The van der Waals surface area contributed by atoms with Gasteiger partial charge < -0.3 is 9.47 Å². The van der Waals surface area contributed by atoms with Gasteiger partial charge in [-0.15, -0.1) is 0 Å². The van der Waals surface area contributed by atoms with Gasteiger partial charge in [-0.2, -0.15) is 0 Å². The molecular formula is C53H34N2. The molecule has 2 aliphatic rings. The van der Waals surface area contributed by atoms with E-state index < -0.39 is 5.41 Å². The van der Waals surface area contributed by atoms with E-state index in [0.29, 0.717) is 0 Å². The Morgan fingerprint density at radius 1 is 0.345 bits per heavy atom. The first kappa shape index (κ1) is 30.3. The second-order valence-corrected chi connectivity index (χ2v) is 14.8. The maximum atomic E-state index is 2.53. The fourth-order valence-electron chi connectivity index (χ4n) is 10.1. The maximum Gasteiger partial charge on any atom is 0.0726 e. The Labute approximate surface area is 319 Å². The van der Waals surface area contributed by atoms with Crippen molar-refractivity contribution in [3.8, 4) is 27.9 Å². The highest BCUT2D eigenvalue weighted by Crippen LogP contribution is 2.64. The molecule has 0 saturated carbocycles. The largest absolute Gasteiger partial charge is 0.310 e. The molecule has 0 bridgehead atoms. The Morgan fingerprint density at radius 3 is 1.58 bits per heavy atom. The van der Waals surface area contributed by atoms with Crippen molar-refractivity contribution < 1.29 is 0 Å². The second kappa shape index (κ2) is 11.4. The zero-order chi connectivity index (χ0) is 36.1. The Bertz CT molecular complexity index is 3110. The SMILES string of the molecule is c1ccc(N(c2ccc3c(c2)c2ccccc2n3-c2ccccc2)c2cc3c(c4ccccc24)-c2ccccc2C32c3ccccc3-c3ccccc32)cc1. The molecule has 0 aliphatic heterocycles. The summed E-state index contributed by atoms with van der Waals surface area (Å²) in [5, 5.41) is 4.96. The predicted octanol–water partition coefficient (Wildman–Crippen LogP) is 13.8.